The minimum absolute atomic E-state index is 0.0995. The van der Waals surface area contributed by atoms with Gasteiger partial charge >= 0.3 is 0 Å². The Morgan fingerprint density at radius 1 is 1.35 bits per heavy atom. The Labute approximate surface area is 112 Å². The number of halogens is 1. The van der Waals surface area contributed by atoms with Crippen LogP contribution in [0.15, 0.2) is 28.7 Å². The summed E-state index contributed by atoms with van der Waals surface area (Å²) >= 11 is 3.43. The molecule has 0 fully saturated rings. The quantitative estimate of drug-likeness (QED) is 0.818. The van der Waals surface area contributed by atoms with E-state index in [4.69, 9.17) is 5.73 Å². The first kappa shape index (κ1) is 14.2. The number of nitrogens with one attached hydrogen (secondary N) is 1. The van der Waals surface area contributed by atoms with Gasteiger partial charge in [-0.2, -0.15) is 0 Å². The van der Waals surface area contributed by atoms with Gasteiger partial charge in [-0.1, -0.05) is 34.0 Å². The second-order valence-electron chi connectivity index (χ2n) is 4.35. The van der Waals surface area contributed by atoms with Crippen LogP contribution in [0.3, 0.4) is 0 Å². The number of rotatable bonds is 5. The van der Waals surface area contributed by atoms with Gasteiger partial charge in [0.2, 0.25) is 0 Å². The van der Waals surface area contributed by atoms with Crippen LogP contribution in [0.4, 0.5) is 0 Å². The molecule has 0 saturated heterocycles. The van der Waals surface area contributed by atoms with Gasteiger partial charge < -0.3 is 5.73 Å². The second kappa shape index (κ2) is 6.80. The molecule has 1 aromatic rings. The highest BCUT2D eigenvalue weighted by Gasteiger charge is 2.21. The first-order valence-electron chi connectivity index (χ1n) is 5.69. The van der Waals surface area contributed by atoms with Crippen LogP contribution in [-0.4, -0.2) is 18.6 Å². The van der Waals surface area contributed by atoms with Crippen molar-refractivity contribution in [3.8, 4) is 11.8 Å². The molecule has 0 aromatic heterocycles. The van der Waals surface area contributed by atoms with Gasteiger partial charge in [-0.3, -0.25) is 5.32 Å². The van der Waals surface area contributed by atoms with Gasteiger partial charge in [-0.15, -0.1) is 5.92 Å². The topological polar surface area (TPSA) is 38.0 Å². The standard InChI is InChI=1S/C14H19BrN2/c1-3-4-9-17-14(2,11-16)10-12-5-7-13(15)8-6-12/h5-8,17H,9-11,16H2,1-2H3. The van der Waals surface area contributed by atoms with Gasteiger partial charge in [-0.25, -0.2) is 0 Å². The average Bonchev–Trinajstić information content (AvgIpc) is 2.33. The van der Waals surface area contributed by atoms with E-state index in [1.807, 2.05) is 6.92 Å². The summed E-state index contributed by atoms with van der Waals surface area (Å²) in [7, 11) is 0. The SMILES string of the molecule is CC#CCNC(C)(CN)Cc1ccc(Br)cc1. The zero-order valence-electron chi connectivity index (χ0n) is 10.4. The van der Waals surface area contributed by atoms with Crippen LogP contribution in [0.2, 0.25) is 0 Å². The molecule has 3 N–H and O–H groups in total. The number of hydrogen-bond donors (Lipinski definition) is 2. The maximum absolute atomic E-state index is 5.85. The lowest BCUT2D eigenvalue weighted by molar-refractivity contribution is 0.380. The van der Waals surface area contributed by atoms with Crippen LogP contribution in [0.1, 0.15) is 19.4 Å². The van der Waals surface area contributed by atoms with Gasteiger partial charge in [0.05, 0.1) is 6.54 Å². The number of hydrogen-bond acceptors (Lipinski definition) is 2. The maximum Gasteiger partial charge on any atom is 0.0581 e. The van der Waals surface area contributed by atoms with Crippen LogP contribution >= 0.6 is 15.9 Å². The lowest BCUT2D eigenvalue weighted by Gasteiger charge is -2.29. The molecule has 0 amide bonds. The largest absolute Gasteiger partial charge is 0.329 e. The minimum Gasteiger partial charge on any atom is -0.329 e. The lowest BCUT2D eigenvalue weighted by Crippen LogP contribution is -2.50. The molecule has 17 heavy (non-hydrogen) atoms. The Bertz CT molecular complexity index is 402. The molecule has 0 radical (unpaired) electrons. The summed E-state index contributed by atoms with van der Waals surface area (Å²) in [5.41, 5.74) is 7.02. The summed E-state index contributed by atoms with van der Waals surface area (Å²) in [5.74, 6) is 5.89. The van der Waals surface area contributed by atoms with Crippen LogP contribution in [0, 0.1) is 11.8 Å². The van der Waals surface area contributed by atoms with E-state index >= 15 is 0 Å². The Balaban J connectivity index is 2.66. The Kier molecular flexibility index (Phi) is 5.70. The first-order chi connectivity index (χ1) is 8.09. The summed E-state index contributed by atoms with van der Waals surface area (Å²) in [6.07, 6.45) is 0.905. The van der Waals surface area contributed by atoms with E-state index in [0.29, 0.717) is 13.1 Å². The van der Waals surface area contributed by atoms with Crippen LogP contribution in [0.5, 0.6) is 0 Å². The van der Waals surface area contributed by atoms with Crippen molar-refractivity contribution in [3.05, 3.63) is 34.3 Å². The van der Waals surface area contributed by atoms with Gasteiger partial charge in [0, 0.05) is 16.6 Å². The van der Waals surface area contributed by atoms with Crippen molar-refractivity contribution in [2.24, 2.45) is 5.73 Å². The molecule has 92 valence electrons. The summed E-state index contributed by atoms with van der Waals surface area (Å²) in [5, 5.41) is 3.40. The first-order valence-corrected chi connectivity index (χ1v) is 6.48. The maximum atomic E-state index is 5.85. The summed E-state index contributed by atoms with van der Waals surface area (Å²) in [4.78, 5) is 0. The molecule has 0 spiro atoms. The summed E-state index contributed by atoms with van der Waals surface area (Å²) < 4.78 is 1.10. The molecule has 1 atom stereocenters. The Hall–Kier alpha value is -0.820. The van der Waals surface area contributed by atoms with E-state index in [2.05, 4.69) is 64.3 Å². The van der Waals surface area contributed by atoms with Crippen molar-refractivity contribution >= 4 is 15.9 Å². The molecule has 1 unspecified atom stereocenters. The third kappa shape index (κ3) is 4.91. The Morgan fingerprint density at radius 2 is 2.00 bits per heavy atom. The van der Waals surface area contributed by atoms with Crippen molar-refractivity contribution in [2.75, 3.05) is 13.1 Å². The normalized spacial score (nSPS) is 13.6. The third-order valence-corrected chi connectivity index (χ3v) is 3.27. The van der Waals surface area contributed by atoms with Crippen molar-refractivity contribution in [1.29, 1.82) is 0 Å². The second-order valence-corrected chi connectivity index (χ2v) is 5.26. The number of benzene rings is 1. The van der Waals surface area contributed by atoms with E-state index in [0.717, 1.165) is 10.9 Å². The van der Waals surface area contributed by atoms with Crippen LogP contribution in [-0.2, 0) is 6.42 Å². The molecule has 1 aromatic carbocycles. The fourth-order valence-corrected chi connectivity index (χ4v) is 1.87. The van der Waals surface area contributed by atoms with Gasteiger partial charge in [0.25, 0.3) is 0 Å². The van der Waals surface area contributed by atoms with E-state index in [1.54, 1.807) is 0 Å². The molecule has 2 nitrogen and oxygen atoms in total. The van der Waals surface area contributed by atoms with Crippen molar-refractivity contribution < 1.29 is 0 Å². The molecule has 0 aliphatic rings. The molecular formula is C14H19BrN2. The van der Waals surface area contributed by atoms with Crippen molar-refractivity contribution in [3.63, 3.8) is 0 Å². The average molecular weight is 295 g/mol. The van der Waals surface area contributed by atoms with Crippen LogP contribution < -0.4 is 11.1 Å². The summed E-state index contributed by atoms with van der Waals surface area (Å²) in [6.45, 7) is 5.25. The predicted octanol–water partition coefficient (Wildman–Crippen LogP) is 2.32. The molecular weight excluding hydrogens is 276 g/mol. The molecule has 0 bridgehead atoms. The fourth-order valence-electron chi connectivity index (χ4n) is 1.61. The van der Waals surface area contributed by atoms with E-state index < -0.39 is 0 Å². The Morgan fingerprint density at radius 3 is 2.53 bits per heavy atom. The van der Waals surface area contributed by atoms with Gasteiger partial charge in [0.15, 0.2) is 0 Å². The molecule has 0 heterocycles. The van der Waals surface area contributed by atoms with Crippen molar-refractivity contribution in [1.82, 2.24) is 5.32 Å². The van der Waals surface area contributed by atoms with Gasteiger partial charge in [-0.05, 0) is 38.0 Å². The zero-order valence-corrected chi connectivity index (χ0v) is 12.0. The molecule has 3 heteroatoms. The van der Waals surface area contributed by atoms with E-state index in [-0.39, 0.29) is 5.54 Å². The molecule has 0 aliphatic heterocycles. The highest BCUT2D eigenvalue weighted by atomic mass is 79.9. The van der Waals surface area contributed by atoms with E-state index in [1.165, 1.54) is 5.56 Å². The molecule has 1 rings (SSSR count). The van der Waals surface area contributed by atoms with E-state index in [9.17, 15) is 0 Å². The minimum atomic E-state index is -0.0995. The summed E-state index contributed by atoms with van der Waals surface area (Å²) in [6, 6.07) is 8.34. The van der Waals surface area contributed by atoms with Crippen LogP contribution in [0.25, 0.3) is 0 Å². The lowest BCUT2D eigenvalue weighted by atomic mass is 9.93. The third-order valence-electron chi connectivity index (χ3n) is 2.74. The zero-order chi connectivity index (χ0) is 12.7. The molecule has 0 saturated carbocycles. The highest BCUT2D eigenvalue weighted by Crippen LogP contribution is 2.15. The molecule has 0 aliphatic carbocycles. The fraction of sp³-hybridized carbons (Fsp3) is 0.429. The monoisotopic (exact) mass is 294 g/mol. The number of nitrogens with two attached hydrogens (primary N) is 1. The predicted molar refractivity (Wildman–Crippen MR) is 76.8 cm³/mol. The van der Waals surface area contributed by atoms with Crippen molar-refractivity contribution in [2.45, 2.75) is 25.8 Å². The highest BCUT2D eigenvalue weighted by molar-refractivity contribution is 9.10. The van der Waals surface area contributed by atoms with Gasteiger partial charge in [0.1, 0.15) is 0 Å². The smallest absolute Gasteiger partial charge is 0.0581 e.